The van der Waals surface area contributed by atoms with Crippen molar-refractivity contribution in [3.8, 4) is 0 Å². The second-order valence-corrected chi connectivity index (χ2v) is 6.82. The van der Waals surface area contributed by atoms with Gasteiger partial charge in [-0.25, -0.2) is 0 Å². The minimum absolute atomic E-state index is 0.0909. The molecule has 0 aromatic heterocycles. The first-order valence-electron chi connectivity index (χ1n) is 8.44. The molecule has 1 saturated carbocycles. The first-order chi connectivity index (χ1) is 11.5. The molecule has 24 heavy (non-hydrogen) atoms. The molecule has 0 saturated heterocycles. The Hall–Kier alpha value is -1.95. The lowest BCUT2D eigenvalue weighted by Crippen LogP contribution is -2.44. The summed E-state index contributed by atoms with van der Waals surface area (Å²) in [6, 6.07) is 8.01. The molecule has 130 valence electrons. The van der Waals surface area contributed by atoms with Crippen molar-refractivity contribution in [3.63, 3.8) is 0 Å². The quantitative estimate of drug-likeness (QED) is 0.444. The molecule has 1 aromatic rings. The summed E-state index contributed by atoms with van der Waals surface area (Å²) >= 11 is 5.35. The Morgan fingerprint density at radius 1 is 1.25 bits per heavy atom. The molecule has 2 atom stereocenters. The highest BCUT2D eigenvalue weighted by Crippen LogP contribution is 2.23. The van der Waals surface area contributed by atoms with Crippen LogP contribution in [0.5, 0.6) is 0 Å². The Morgan fingerprint density at radius 3 is 2.71 bits per heavy atom. The average Bonchev–Trinajstić information content (AvgIpc) is 2.54. The van der Waals surface area contributed by atoms with Crippen LogP contribution in [0.2, 0.25) is 0 Å². The van der Waals surface area contributed by atoms with E-state index in [1.807, 2.05) is 31.2 Å². The maximum absolute atomic E-state index is 11.1. The highest BCUT2D eigenvalue weighted by Gasteiger charge is 2.21. The van der Waals surface area contributed by atoms with Crippen molar-refractivity contribution >= 4 is 34.6 Å². The van der Waals surface area contributed by atoms with Crippen LogP contribution in [0, 0.1) is 5.92 Å². The zero-order valence-electron chi connectivity index (χ0n) is 14.6. The lowest BCUT2D eigenvalue weighted by Gasteiger charge is -2.30. The number of anilines is 1. The molecule has 1 aliphatic rings. The van der Waals surface area contributed by atoms with Crippen LogP contribution in [0.1, 0.15) is 52.0 Å². The molecule has 6 heteroatoms. The van der Waals surface area contributed by atoms with E-state index in [-0.39, 0.29) is 5.91 Å². The van der Waals surface area contributed by atoms with E-state index in [2.05, 4.69) is 28.1 Å². The van der Waals surface area contributed by atoms with Gasteiger partial charge in [0.25, 0.3) is 0 Å². The molecule has 1 fully saturated rings. The van der Waals surface area contributed by atoms with Crippen molar-refractivity contribution in [1.29, 1.82) is 0 Å². The van der Waals surface area contributed by atoms with Crippen LogP contribution >= 0.6 is 12.2 Å². The van der Waals surface area contributed by atoms with Crippen molar-refractivity contribution in [2.75, 3.05) is 5.32 Å². The van der Waals surface area contributed by atoms with Gasteiger partial charge in [0.2, 0.25) is 5.91 Å². The lowest BCUT2D eigenvalue weighted by molar-refractivity contribution is -0.114. The zero-order valence-corrected chi connectivity index (χ0v) is 15.4. The van der Waals surface area contributed by atoms with Gasteiger partial charge >= 0.3 is 0 Å². The Bertz CT molecular complexity index is 629. The minimum atomic E-state index is -0.0909. The molecule has 0 spiro atoms. The second kappa shape index (κ2) is 8.78. The number of hydrogen-bond donors (Lipinski definition) is 3. The van der Waals surface area contributed by atoms with Crippen molar-refractivity contribution in [2.45, 2.75) is 52.5 Å². The van der Waals surface area contributed by atoms with Crippen molar-refractivity contribution in [1.82, 2.24) is 10.7 Å². The number of rotatable bonds is 4. The first-order valence-corrected chi connectivity index (χ1v) is 8.85. The molecule has 3 N–H and O–H groups in total. The molecule has 1 aliphatic carbocycles. The predicted octanol–water partition coefficient (Wildman–Crippen LogP) is 3.41. The number of benzene rings is 1. The van der Waals surface area contributed by atoms with Gasteiger partial charge in [0.05, 0.1) is 5.71 Å². The van der Waals surface area contributed by atoms with Crippen LogP contribution in [-0.4, -0.2) is 22.8 Å². The van der Waals surface area contributed by atoms with Crippen LogP contribution in [0.25, 0.3) is 0 Å². The molecule has 0 radical (unpaired) electrons. The van der Waals surface area contributed by atoms with Gasteiger partial charge in [0, 0.05) is 18.7 Å². The fourth-order valence-electron chi connectivity index (χ4n) is 2.96. The summed E-state index contributed by atoms with van der Waals surface area (Å²) in [6.07, 6.45) is 4.97. The molecular weight excluding hydrogens is 320 g/mol. The Balaban J connectivity index is 1.93. The molecule has 0 heterocycles. The van der Waals surface area contributed by atoms with Crippen molar-refractivity contribution in [3.05, 3.63) is 29.8 Å². The molecule has 0 unspecified atom stereocenters. The second-order valence-electron chi connectivity index (χ2n) is 6.41. The number of carbonyl (C=O) groups is 1. The Labute approximate surface area is 149 Å². The number of carbonyl (C=O) groups excluding carboxylic acids is 1. The Kier molecular flexibility index (Phi) is 6.73. The maximum Gasteiger partial charge on any atom is 0.221 e. The minimum Gasteiger partial charge on any atom is -0.358 e. The fourth-order valence-corrected chi connectivity index (χ4v) is 3.15. The van der Waals surface area contributed by atoms with Gasteiger partial charge in [-0.3, -0.25) is 10.2 Å². The van der Waals surface area contributed by atoms with Crippen molar-refractivity contribution < 1.29 is 4.79 Å². The van der Waals surface area contributed by atoms with E-state index in [1.54, 1.807) is 0 Å². The first kappa shape index (κ1) is 18.4. The van der Waals surface area contributed by atoms with E-state index in [0.717, 1.165) is 23.4 Å². The lowest BCUT2D eigenvalue weighted by atomic mass is 9.86. The van der Waals surface area contributed by atoms with Crippen LogP contribution in [0.15, 0.2) is 29.4 Å². The van der Waals surface area contributed by atoms with Gasteiger partial charge in [-0.15, -0.1) is 0 Å². The van der Waals surface area contributed by atoms with Crippen LogP contribution in [-0.2, 0) is 4.79 Å². The molecule has 5 nitrogen and oxygen atoms in total. The standard InChI is InChI=1S/C18H26N4OS/c1-12-7-4-5-10-17(12)20-18(24)22-21-13(2)15-8-6-9-16(11-15)19-14(3)23/h6,8-9,11-12,17H,4-5,7,10H2,1-3H3,(H,19,23)(H2,20,22,24)/b21-13-/t12-,17-/m1/s1. The third kappa shape index (κ3) is 5.60. The smallest absolute Gasteiger partial charge is 0.221 e. The average molecular weight is 347 g/mol. The Morgan fingerprint density at radius 2 is 2.00 bits per heavy atom. The summed E-state index contributed by atoms with van der Waals surface area (Å²) in [7, 11) is 0. The normalized spacial score (nSPS) is 21.0. The highest BCUT2D eigenvalue weighted by molar-refractivity contribution is 7.80. The largest absolute Gasteiger partial charge is 0.358 e. The third-order valence-corrected chi connectivity index (χ3v) is 4.56. The number of nitrogens with zero attached hydrogens (tertiary/aromatic N) is 1. The summed E-state index contributed by atoms with van der Waals surface area (Å²) in [6.45, 7) is 5.67. The fraction of sp³-hybridized carbons (Fsp3) is 0.500. The molecule has 2 rings (SSSR count). The molecule has 0 aliphatic heterocycles. The summed E-state index contributed by atoms with van der Waals surface area (Å²) in [5, 5.41) is 11.1. The monoisotopic (exact) mass is 346 g/mol. The van der Waals surface area contributed by atoms with Crippen LogP contribution in [0.3, 0.4) is 0 Å². The van der Waals surface area contributed by atoms with Gasteiger partial charge in [0.1, 0.15) is 0 Å². The van der Waals surface area contributed by atoms with E-state index in [1.165, 1.54) is 26.2 Å². The van der Waals surface area contributed by atoms with E-state index in [4.69, 9.17) is 12.2 Å². The third-order valence-electron chi connectivity index (χ3n) is 4.35. The van der Waals surface area contributed by atoms with Crippen LogP contribution in [0.4, 0.5) is 5.69 Å². The van der Waals surface area contributed by atoms with E-state index in [0.29, 0.717) is 17.1 Å². The molecular formula is C18H26N4OS. The summed E-state index contributed by atoms with van der Waals surface area (Å²) in [5.41, 5.74) is 5.43. The van der Waals surface area contributed by atoms with Crippen LogP contribution < -0.4 is 16.1 Å². The van der Waals surface area contributed by atoms with Gasteiger partial charge in [-0.1, -0.05) is 31.9 Å². The van der Waals surface area contributed by atoms with Crippen molar-refractivity contribution in [2.24, 2.45) is 11.0 Å². The van der Waals surface area contributed by atoms with Gasteiger partial charge in [-0.2, -0.15) is 5.10 Å². The number of hydrazone groups is 1. The number of hydrogen-bond acceptors (Lipinski definition) is 3. The maximum atomic E-state index is 11.1. The summed E-state index contributed by atoms with van der Waals surface area (Å²) in [5.74, 6) is 0.546. The van der Waals surface area contributed by atoms with Gasteiger partial charge in [0.15, 0.2) is 5.11 Å². The SMILES string of the molecule is CC(=O)Nc1cccc(/C(C)=N\NC(=S)N[C@@H]2CCCC[C@H]2C)c1. The number of amides is 1. The topological polar surface area (TPSA) is 65.5 Å². The van der Waals surface area contributed by atoms with E-state index in [9.17, 15) is 4.79 Å². The predicted molar refractivity (Wildman–Crippen MR) is 103 cm³/mol. The molecule has 1 amide bonds. The van der Waals surface area contributed by atoms with Gasteiger partial charge < -0.3 is 10.6 Å². The van der Waals surface area contributed by atoms with E-state index < -0.39 is 0 Å². The molecule has 1 aromatic carbocycles. The zero-order chi connectivity index (χ0) is 17.5. The number of nitrogens with one attached hydrogen (secondary N) is 3. The number of thiocarbonyl (C=S) groups is 1. The summed E-state index contributed by atoms with van der Waals surface area (Å²) in [4.78, 5) is 11.1. The van der Waals surface area contributed by atoms with E-state index >= 15 is 0 Å². The molecule has 0 bridgehead atoms. The summed E-state index contributed by atoms with van der Waals surface area (Å²) < 4.78 is 0. The van der Waals surface area contributed by atoms with Gasteiger partial charge in [-0.05, 0) is 55.6 Å². The highest BCUT2D eigenvalue weighted by atomic mass is 32.1.